The van der Waals surface area contributed by atoms with Crippen molar-refractivity contribution in [1.29, 1.82) is 0 Å². The highest BCUT2D eigenvalue weighted by molar-refractivity contribution is 7.09. The fraction of sp³-hybridized carbons (Fsp3) is 0.588. The van der Waals surface area contributed by atoms with Crippen molar-refractivity contribution in [2.24, 2.45) is 0 Å². The van der Waals surface area contributed by atoms with E-state index in [0.717, 1.165) is 24.5 Å². The summed E-state index contributed by atoms with van der Waals surface area (Å²) in [6.45, 7) is 4.62. The van der Waals surface area contributed by atoms with Crippen LogP contribution in [0.2, 0.25) is 0 Å². The third-order valence-corrected chi connectivity index (χ3v) is 5.41. The highest BCUT2D eigenvalue weighted by atomic mass is 32.1. The first-order valence-corrected chi connectivity index (χ1v) is 9.07. The van der Waals surface area contributed by atoms with Crippen LogP contribution in [-0.2, 0) is 19.7 Å². The van der Waals surface area contributed by atoms with Gasteiger partial charge in [0.1, 0.15) is 24.3 Å². The molecule has 1 fully saturated rings. The maximum Gasteiger partial charge on any atom is 0.129 e. The number of likely N-dealkylation sites (N-methyl/N-ethyl adjacent to an activating group) is 1. The molecule has 3 rings (SSSR count). The monoisotopic (exact) mass is 353 g/mol. The maximum absolute atomic E-state index is 14.0. The Hall–Kier alpha value is -1.28. The number of hydrogen-bond donors (Lipinski definition) is 1. The molecule has 132 valence electrons. The fourth-order valence-electron chi connectivity index (χ4n) is 3.25. The first kappa shape index (κ1) is 17.5. The van der Waals surface area contributed by atoms with Crippen molar-refractivity contribution in [3.8, 4) is 0 Å². The molecule has 7 heteroatoms. The van der Waals surface area contributed by atoms with Crippen LogP contribution in [0.15, 0.2) is 22.1 Å². The van der Waals surface area contributed by atoms with Gasteiger partial charge in [-0.25, -0.2) is 9.37 Å². The second-order valence-corrected chi connectivity index (χ2v) is 7.44. The van der Waals surface area contributed by atoms with Gasteiger partial charge in [0.15, 0.2) is 0 Å². The Morgan fingerprint density at radius 1 is 1.46 bits per heavy atom. The molecule has 24 heavy (non-hydrogen) atoms. The Bertz CT molecular complexity index is 660. The molecule has 5 nitrogen and oxygen atoms in total. The number of aromatic nitrogens is 1. The lowest BCUT2D eigenvalue weighted by atomic mass is 10.2. The number of aliphatic hydroxyl groups is 1. The summed E-state index contributed by atoms with van der Waals surface area (Å²) in [5, 5.41) is 9.06. The van der Waals surface area contributed by atoms with E-state index in [9.17, 15) is 4.39 Å². The van der Waals surface area contributed by atoms with Crippen LogP contribution in [0.25, 0.3) is 0 Å². The van der Waals surface area contributed by atoms with Crippen molar-refractivity contribution in [2.45, 2.75) is 45.3 Å². The number of thiazole rings is 1. The Morgan fingerprint density at radius 3 is 2.92 bits per heavy atom. The van der Waals surface area contributed by atoms with Crippen LogP contribution in [0.1, 0.15) is 28.5 Å². The lowest BCUT2D eigenvalue weighted by molar-refractivity contribution is 0.173. The number of hydrogen-bond acceptors (Lipinski definition) is 6. The molecule has 0 bridgehead atoms. The number of likely N-dealkylation sites (tertiary alicyclic amines) is 1. The predicted octanol–water partition coefficient (Wildman–Crippen LogP) is 2.58. The minimum atomic E-state index is -0.763. The van der Waals surface area contributed by atoms with Gasteiger partial charge in [0.25, 0.3) is 0 Å². The van der Waals surface area contributed by atoms with Crippen LogP contribution in [0.3, 0.4) is 0 Å². The molecule has 0 aliphatic carbocycles. The number of halogens is 1. The molecular formula is C17H24FN3O2S. The van der Waals surface area contributed by atoms with Crippen LogP contribution >= 0.6 is 11.3 Å². The Morgan fingerprint density at radius 2 is 2.25 bits per heavy atom. The van der Waals surface area contributed by atoms with Gasteiger partial charge < -0.3 is 9.52 Å². The van der Waals surface area contributed by atoms with Crippen molar-refractivity contribution in [2.75, 3.05) is 20.1 Å². The zero-order valence-corrected chi connectivity index (χ0v) is 14.9. The molecule has 0 radical (unpaired) electrons. The van der Waals surface area contributed by atoms with E-state index < -0.39 is 6.17 Å². The first-order valence-electron chi connectivity index (χ1n) is 8.19. The van der Waals surface area contributed by atoms with E-state index in [1.807, 2.05) is 25.5 Å². The second kappa shape index (κ2) is 7.74. The molecule has 0 spiro atoms. The van der Waals surface area contributed by atoms with E-state index in [-0.39, 0.29) is 12.6 Å². The number of furan rings is 1. The summed E-state index contributed by atoms with van der Waals surface area (Å²) in [5.74, 6) is 1.39. The van der Waals surface area contributed by atoms with Crippen LogP contribution in [-0.4, -0.2) is 52.2 Å². The van der Waals surface area contributed by atoms with E-state index in [0.29, 0.717) is 25.3 Å². The van der Waals surface area contributed by atoms with Crippen molar-refractivity contribution in [3.63, 3.8) is 0 Å². The molecule has 2 aromatic heterocycles. The van der Waals surface area contributed by atoms with Gasteiger partial charge in [-0.05, 0) is 32.5 Å². The van der Waals surface area contributed by atoms with Gasteiger partial charge in [0, 0.05) is 30.6 Å². The largest absolute Gasteiger partial charge is 0.462 e. The summed E-state index contributed by atoms with van der Waals surface area (Å²) in [6, 6.07) is 3.86. The van der Waals surface area contributed by atoms with Gasteiger partial charge in [0.2, 0.25) is 0 Å². The zero-order valence-electron chi connectivity index (χ0n) is 14.1. The molecule has 2 atom stereocenters. The number of aliphatic hydroxyl groups excluding tert-OH is 1. The topological polar surface area (TPSA) is 52.7 Å². The molecule has 1 saturated heterocycles. The molecule has 0 aromatic carbocycles. The average molecular weight is 353 g/mol. The molecule has 3 heterocycles. The van der Waals surface area contributed by atoms with Gasteiger partial charge >= 0.3 is 0 Å². The van der Waals surface area contributed by atoms with E-state index in [2.05, 4.69) is 14.8 Å². The third kappa shape index (κ3) is 4.22. The third-order valence-electron chi connectivity index (χ3n) is 4.49. The normalized spacial score (nSPS) is 21.9. The minimum Gasteiger partial charge on any atom is -0.462 e. The Labute approximate surface area is 145 Å². The summed E-state index contributed by atoms with van der Waals surface area (Å²) in [4.78, 5) is 9.88. The van der Waals surface area contributed by atoms with Crippen molar-refractivity contribution >= 4 is 11.3 Å². The standard InChI is InChI=1S/C17H24FN3O2S/c1-12-17(24-11-19-12)9-21-6-13(18)5-14(21)7-20(2)8-15-3-4-16(10-22)23-15/h3-4,11,13-14,22H,5-10H2,1-2H3/t13-,14-/m0/s1. The quantitative estimate of drug-likeness (QED) is 0.829. The van der Waals surface area contributed by atoms with Gasteiger partial charge in [-0.2, -0.15) is 0 Å². The lowest BCUT2D eigenvalue weighted by Gasteiger charge is -2.27. The molecule has 2 aromatic rings. The second-order valence-electron chi connectivity index (χ2n) is 6.50. The molecule has 1 aliphatic heterocycles. The molecule has 1 aliphatic rings. The predicted molar refractivity (Wildman–Crippen MR) is 91.5 cm³/mol. The summed E-state index contributed by atoms with van der Waals surface area (Å²) in [6.07, 6.45) is -0.191. The van der Waals surface area contributed by atoms with E-state index in [1.165, 1.54) is 4.88 Å². The Balaban J connectivity index is 1.58. The van der Waals surface area contributed by atoms with Crippen molar-refractivity contribution in [1.82, 2.24) is 14.8 Å². The summed E-state index contributed by atoms with van der Waals surface area (Å²) < 4.78 is 19.5. The average Bonchev–Trinajstić information content (AvgIpc) is 3.22. The molecular weight excluding hydrogens is 329 g/mol. The van der Waals surface area contributed by atoms with Crippen molar-refractivity contribution < 1.29 is 13.9 Å². The number of aryl methyl sites for hydroxylation is 1. The van der Waals surface area contributed by atoms with Crippen LogP contribution in [0, 0.1) is 6.92 Å². The SMILES string of the molecule is Cc1ncsc1CN1C[C@@H](F)C[C@H]1CN(C)Cc1ccc(CO)o1. The molecule has 0 saturated carbocycles. The van der Waals surface area contributed by atoms with Crippen LogP contribution in [0.5, 0.6) is 0 Å². The summed E-state index contributed by atoms with van der Waals surface area (Å²) in [7, 11) is 2.02. The summed E-state index contributed by atoms with van der Waals surface area (Å²) >= 11 is 1.64. The first-order chi connectivity index (χ1) is 11.5. The van der Waals surface area contributed by atoms with E-state index in [1.54, 1.807) is 17.4 Å². The highest BCUT2D eigenvalue weighted by Gasteiger charge is 2.33. The smallest absolute Gasteiger partial charge is 0.129 e. The van der Waals surface area contributed by atoms with Crippen LogP contribution in [0.4, 0.5) is 4.39 Å². The van der Waals surface area contributed by atoms with E-state index in [4.69, 9.17) is 9.52 Å². The Kier molecular flexibility index (Phi) is 5.65. The molecule has 1 N–H and O–H groups in total. The van der Waals surface area contributed by atoms with Crippen molar-refractivity contribution in [3.05, 3.63) is 39.7 Å². The lowest BCUT2D eigenvalue weighted by Crippen LogP contribution is -2.38. The highest BCUT2D eigenvalue weighted by Crippen LogP contribution is 2.26. The minimum absolute atomic E-state index is 0.0855. The van der Waals surface area contributed by atoms with Gasteiger partial charge in [0.05, 0.1) is 17.7 Å². The van der Waals surface area contributed by atoms with E-state index >= 15 is 0 Å². The maximum atomic E-state index is 14.0. The number of alkyl halides is 1. The van der Waals surface area contributed by atoms with Gasteiger partial charge in [-0.1, -0.05) is 0 Å². The zero-order chi connectivity index (χ0) is 17.1. The van der Waals surface area contributed by atoms with Crippen LogP contribution < -0.4 is 0 Å². The van der Waals surface area contributed by atoms with Gasteiger partial charge in [-0.15, -0.1) is 11.3 Å². The molecule has 0 unspecified atom stereocenters. The number of rotatable bonds is 7. The summed E-state index contributed by atoms with van der Waals surface area (Å²) in [5.41, 5.74) is 2.89. The number of nitrogens with zero attached hydrogens (tertiary/aromatic N) is 3. The van der Waals surface area contributed by atoms with Gasteiger partial charge in [-0.3, -0.25) is 9.80 Å². The fourth-order valence-corrected chi connectivity index (χ4v) is 4.05. The molecule has 0 amide bonds.